The van der Waals surface area contributed by atoms with Crippen molar-refractivity contribution < 1.29 is 18.8 Å². The van der Waals surface area contributed by atoms with Gasteiger partial charge in [-0.3, -0.25) is 9.69 Å². The van der Waals surface area contributed by atoms with E-state index in [2.05, 4.69) is 10.1 Å². The molecule has 1 aromatic heterocycles. The summed E-state index contributed by atoms with van der Waals surface area (Å²) in [7, 11) is 1.66. The number of aromatic nitrogens is 1. The number of likely N-dealkylation sites (tertiary alicyclic amines) is 1. The topological polar surface area (TPSA) is 68.0 Å². The van der Waals surface area contributed by atoms with Crippen molar-refractivity contribution in [3.8, 4) is 0 Å². The normalized spacial score (nSPS) is 25.6. The Morgan fingerprint density at radius 2 is 2.17 bits per heavy atom. The summed E-state index contributed by atoms with van der Waals surface area (Å²) >= 11 is 0. The second-order valence-corrected chi connectivity index (χ2v) is 7.05. The maximum atomic E-state index is 12.4. The first-order chi connectivity index (χ1) is 11.5. The standard InChI is InChI=1S/C17H27N3O4/c1-13-15(14(2)24-18-13)9-19-4-7-23-12-17(10-19)8-16(21)20(11-17)5-6-22-3/h4-12H2,1-3H3/t17-/m0/s1. The van der Waals surface area contributed by atoms with E-state index in [0.717, 1.165) is 43.2 Å². The van der Waals surface area contributed by atoms with Gasteiger partial charge in [0.25, 0.3) is 0 Å². The van der Waals surface area contributed by atoms with E-state index in [1.54, 1.807) is 7.11 Å². The maximum Gasteiger partial charge on any atom is 0.223 e. The molecular weight excluding hydrogens is 310 g/mol. The highest BCUT2D eigenvalue weighted by atomic mass is 16.5. The Morgan fingerprint density at radius 1 is 1.33 bits per heavy atom. The molecule has 0 aromatic carbocycles. The van der Waals surface area contributed by atoms with E-state index < -0.39 is 0 Å². The van der Waals surface area contributed by atoms with Gasteiger partial charge in [0.1, 0.15) is 5.76 Å². The number of rotatable bonds is 5. The van der Waals surface area contributed by atoms with Gasteiger partial charge in [0, 0.05) is 57.2 Å². The third-order valence-electron chi connectivity index (χ3n) is 5.05. The van der Waals surface area contributed by atoms with Gasteiger partial charge in [0.15, 0.2) is 0 Å². The number of hydrogen-bond acceptors (Lipinski definition) is 6. The second kappa shape index (κ2) is 7.21. The molecule has 1 aromatic rings. The number of aryl methyl sites for hydroxylation is 2. The van der Waals surface area contributed by atoms with Crippen LogP contribution in [0.3, 0.4) is 0 Å². The van der Waals surface area contributed by atoms with Crippen LogP contribution in [0.2, 0.25) is 0 Å². The lowest BCUT2D eigenvalue weighted by atomic mass is 9.87. The first-order valence-electron chi connectivity index (χ1n) is 8.51. The lowest BCUT2D eigenvalue weighted by Gasteiger charge is -2.31. The summed E-state index contributed by atoms with van der Waals surface area (Å²) in [6, 6.07) is 0. The van der Waals surface area contributed by atoms with E-state index in [1.165, 1.54) is 0 Å². The van der Waals surface area contributed by atoms with Crippen LogP contribution in [0.4, 0.5) is 0 Å². The van der Waals surface area contributed by atoms with E-state index in [1.807, 2.05) is 18.7 Å². The Bertz CT molecular complexity index is 569. The Morgan fingerprint density at radius 3 is 2.88 bits per heavy atom. The first kappa shape index (κ1) is 17.4. The molecule has 1 atom stereocenters. The fourth-order valence-corrected chi connectivity index (χ4v) is 3.76. The number of carbonyl (C=O) groups is 1. The quantitative estimate of drug-likeness (QED) is 0.798. The van der Waals surface area contributed by atoms with Crippen molar-refractivity contribution in [2.75, 3.05) is 53.1 Å². The number of ether oxygens (including phenoxy) is 2. The largest absolute Gasteiger partial charge is 0.383 e. The van der Waals surface area contributed by atoms with Crippen LogP contribution < -0.4 is 0 Å². The smallest absolute Gasteiger partial charge is 0.223 e. The van der Waals surface area contributed by atoms with Crippen LogP contribution in [-0.4, -0.2) is 74.0 Å². The average Bonchev–Trinajstić information content (AvgIpc) is 2.93. The predicted molar refractivity (Wildman–Crippen MR) is 87.6 cm³/mol. The molecule has 1 spiro atoms. The predicted octanol–water partition coefficient (Wildman–Crippen LogP) is 0.989. The minimum atomic E-state index is -0.125. The minimum Gasteiger partial charge on any atom is -0.383 e. The van der Waals surface area contributed by atoms with Crippen molar-refractivity contribution in [1.29, 1.82) is 0 Å². The molecule has 2 aliphatic rings. The number of carbonyl (C=O) groups excluding carboxylic acids is 1. The SMILES string of the molecule is COCCN1C[C@]2(COCCN(Cc3c(C)noc3C)C2)CC1=O. The van der Waals surface area contributed by atoms with Crippen LogP contribution in [-0.2, 0) is 20.8 Å². The molecule has 0 saturated carbocycles. The van der Waals surface area contributed by atoms with Crippen LogP contribution in [0.5, 0.6) is 0 Å². The van der Waals surface area contributed by atoms with Crippen LogP contribution in [0, 0.1) is 19.3 Å². The van der Waals surface area contributed by atoms with E-state index >= 15 is 0 Å². The number of nitrogens with zero attached hydrogens (tertiary/aromatic N) is 3. The van der Waals surface area contributed by atoms with Crippen molar-refractivity contribution in [1.82, 2.24) is 15.0 Å². The molecule has 2 saturated heterocycles. The molecule has 3 heterocycles. The van der Waals surface area contributed by atoms with Gasteiger partial charge in [0.2, 0.25) is 5.91 Å². The zero-order chi connectivity index (χ0) is 17.2. The molecule has 7 nitrogen and oxygen atoms in total. The van der Waals surface area contributed by atoms with Crippen molar-refractivity contribution in [3.05, 3.63) is 17.0 Å². The van der Waals surface area contributed by atoms with Crippen LogP contribution >= 0.6 is 0 Å². The van der Waals surface area contributed by atoms with Crippen LogP contribution in [0.15, 0.2) is 4.52 Å². The molecular formula is C17H27N3O4. The summed E-state index contributed by atoms with van der Waals surface area (Å²) in [4.78, 5) is 16.6. The van der Waals surface area contributed by atoms with Gasteiger partial charge in [-0.25, -0.2) is 0 Å². The summed E-state index contributed by atoms with van der Waals surface area (Å²) in [5.74, 6) is 1.07. The maximum absolute atomic E-state index is 12.4. The fourth-order valence-electron chi connectivity index (χ4n) is 3.76. The van der Waals surface area contributed by atoms with Crippen molar-refractivity contribution in [2.24, 2.45) is 5.41 Å². The molecule has 1 amide bonds. The third-order valence-corrected chi connectivity index (χ3v) is 5.05. The summed E-state index contributed by atoms with van der Waals surface area (Å²) in [6.45, 7) is 9.73. The van der Waals surface area contributed by atoms with Crippen molar-refractivity contribution >= 4 is 5.91 Å². The lowest BCUT2D eigenvalue weighted by molar-refractivity contribution is -0.128. The van der Waals surface area contributed by atoms with Crippen LogP contribution in [0.1, 0.15) is 23.4 Å². The summed E-state index contributed by atoms with van der Waals surface area (Å²) in [5, 5.41) is 4.04. The number of hydrogen-bond donors (Lipinski definition) is 0. The third kappa shape index (κ3) is 3.63. The highest BCUT2D eigenvalue weighted by molar-refractivity contribution is 5.79. The molecule has 2 aliphatic heterocycles. The molecule has 0 radical (unpaired) electrons. The second-order valence-electron chi connectivity index (χ2n) is 7.05. The monoisotopic (exact) mass is 337 g/mol. The molecule has 0 bridgehead atoms. The lowest BCUT2D eigenvalue weighted by Crippen LogP contribution is -2.41. The Labute approximate surface area is 142 Å². The minimum absolute atomic E-state index is 0.125. The zero-order valence-corrected chi connectivity index (χ0v) is 14.8. The fraction of sp³-hybridized carbons (Fsp3) is 0.765. The Hall–Kier alpha value is -1.44. The van der Waals surface area contributed by atoms with E-state index in [4.69, 9.17) is 14.0 Å². The Balaban J connectivity index is 1.70. The van der Waals surface area contributed by atoms with Gasteiger partial charge in [-0.05, 0) is 13.8 Å². The van der Waals surface area contributed by atoms with Gasteiger partial charge in [0.05, 0.1) is 25.5 Å². The zero-order valence-electron chi connectivity index (χ0n) is 14.8. The average molecular weight is 337 g/mol. The Kier molecular flexibility index (Phi) is 5.22. The molecule has 24 heavy (non-hydrogen) atoms. The molecule has 134 valence electrons. The van der Waals surface area contributed by atoms with E-state index in [0.29, 0.717) is 32.8 Å². The van der Waals surface area contributed by atoms with Gasteiger partial charge in [-0.1, -0.05) is 5.16 Å². The van der Waals surface area contributed by atoms with Gasteiger partial charge in [-0.15, -0.1) is 0 Å². The molecule has 7 heteroatoms. The number of amides is 1. The number of methoxy groups -OCH3 is 1. The van der Waals surface area contributed by atoms with Gasteiger partial charge >= 0.3 is 0 Å². The molecule has 3 rings (SSSR count). The van der Waals surface area contributed by atoms with Gasteiger partial charge < -0.3 is 18.9 Å². The highest BCUT2D eigenvalue weighted by Crippen LogP contribution is 2.34. The summed E-state index contributed by atoms with van der Waals surface area (Å²) in [6.07, 6.45) is 0.550. The van der Waals surface area contributed by atoms with E-state index in [9.17, 15) is 4.79 Å². The van der Waals surface area contributed by atoms with Crippen LogP contribution in [0.25, 0.3) is 0 Å². The molecule has 0 N–H and O–H groups in total. The van der Waals surface area contributed by atoms with Crippen molar-refractivity contribution in [3.63, 3.8) is 0 Å². The molecule has 2 fully saturated rings. The van der Waals surface area contributed by atoms with Gasteiger partial charge in [-0.2, -0.15) is 0 Å². The highest BCUT2D eigenvalue weighted by Gasteiger charge is 2.45. The summed E-state index contributed by atoms with van der Waals surface area (Å²) < 4.78 is 16.2. The first-order valence-corrected chi connectivity index (χ1v) is 8.51. The molecule has 0 aliphatic carbocycles. The molecule has 0 unspecified atom stereocenters. The van der Waals surface area contributed by atoms with Crippen molar-refractivity contribution in [2.45, 2.75) is 26.8 Å². The summed E-state index contributed by atoms with van der Waals surface area (Å²) in [5.41, 5.74) is 1.96. The van der Waals surface area contributed by atoms with E-state index in [-0.39, 0.29) is 11.3 Å².